The molecule has 4 N–H and O–H groups in total. The normalized spacial score (nSPS) is 32.1. The number of carbonyl (C=O) groups excluding carboxylic acids is 1. The van der Waals surface area contributed by atoms with E-state index in [0.29, 0.717) is 45.1 Å². The fourth-order valence-corrected chi connectivity index (χ4v) is 7.91. The van der Waals surface area contributed by atoms with E-state index in [9.17, 15) is 41.0 Å². The predicted octanol–water partition coefficient (Wildman–Crippen LogP) is 6.58. The second-order valence-electron chi connectivity index (χ2n) is 14.5. The van der Waals surface area contributed by atoms with Crippen LogP contribution in [-0.2, 0) is 28.8 Å². The van der Waals surface area contributed by atoms with Crippen molar-refractivity contribution in [1.82, 2.24) is 10.8 Å². The molecule has 0 aromatic carbocycles. The maximum absolute atomic E-state index is 14.3. The van der Waals surface area contributed by atoms with Gasteiger partial charge in [0.15, 0.2) is 0 Å². The van der Waals surface area contributed by atoms with Crippen molar-refractivity contribution in [2.45, 2.75) is 139 Å². The highest BCUT2D eigenvalue weighted by molar-refractivity contribution is 5.85. The van der Waals surface area contributed by atoms with E-state index in [0.717, 1.165) is 38.5 Å². The Kier molecular flexibility index (Phi) is 14.8. The van der Waals surface area contributed by atoms with Gasteiger partial charge in [-0.1, -0.05) is 25.7 Å². The van der Waals surface area contributed by atoms with Crippen LogP contribution in [0, 0.1) is 29.1 Å². The first kappa shape index (κ1) is 40.1. The third kappa shape index (κ3) is 10.9. The summed E-state index contributed by atoms with van der Waals surface area (Å²) >= 11 is 0. The molecule has 16 heteroatoms. The van der Waals surface area contributed by atoms with Crippen molar-refractivity contribution >= 4 is 11.9 Å². The first-order valence-corrected chi connectivity index (χ1v) is 17.8. The van der Waals surface area contributed by atoms with Crippen LogP contribution >= 0.6 is 0 Å². The highest BCUT2D eigenvalue weighted by Gasteiger charge is 2.71. The van der Waals surface area contributed by atoms with Crippen LogP contribution in [0.25, 0.3) is 0 Å². The van der Waals surface area contributed by atoms with Crippen molar-refractivity contribution in [3.05, 3.63) is 0 Å². The Balaban J connectivity index is 1.22. The molecule has 0 aromatic heterocycles. The minimum Gasteiger partial charge on any atom is -0.481 e. The maximum Gasteiger partial charge on any atom is 0.407 e. The highest BCUT2D eigenvalue weighted by atomic mass is 19.4. The number of hydroxylamine groups is 1. The largest absolute Gasteiger partial charge is 0.481 e. The molecular formula is C33H52F6N2O8. The van der Waals surface area contributed by atoms with Gasteiger partial charge in [-0.25, -0.2) is 4.89 Å². The van der Waals surface area contributed by atoms with E-state index >= 15 is 0 Å². The number of carboxylic acids is 1. The number of alkyl halides is 6. The van der Waals surface area contributed by atoms with Crippen LogP contribution in [0.4, 0.5) is 26.3 Å². The molecule has 4 atom stereocenters. The summed E-state index contributed by atoms with van der Waals surface area (Å²) in [5.41, 5.74) is -1.22. The van der Waals surface area contributed by atoms with E-state index in [-0.39, 0.29) is 62.1 Å². The fourth-order valence-electron chi connectivity index (χ4n) is 7.91. The quantitative estimate of drug-likeness (QED) is 0.0842. The summed E-state index contributed by atoms with van der Waals surface area (Å²) in [5.74, 6) is -2.44. The predicted molar refractivity (Wildman–Crippen MR) is 163 cm³/mol. The van der Waals surface area contributed by atoms with Gasteiger partial charge in [0.1, 0.15) is 0 Å². The maximum atomic E-state index is 14.3. The second kappa shape index (κ2) is 18.2. The first-order valence-electron chi connectivity index (χ1n) is 17.8. The van der Waals surface area contributed by atoms with Gasteiger partial charge < -0.3 is 24.7 Å². The summed E-state index contributed by atoms with van der Waals surface area (Å²) in [6, 6.07) is -0.474. The van der Waals surface area contributed by atoms with E-state index in [1.807, 2.05) is 0 Å². The Morgan fingerprint density at radius 2 is 1.10 bits per heavy atom. The summed E-state index contributed by atoms with van der Waals surface area (Å²) < 4.78 is 96.3. The van der Waals surface area contributed by atoms with Crippen LogP contribution in [0.15, 0.2) is 0 Å². The number of nitrogens with one attached hydrogen (secondary N) is 2. The molecule has 0 aliphatic heterocycles. The number of ether oxygens (including phenoxy) is 2. The lowest BCUT2D eigenvalue weighted by atomic mass is 9.78. The Morgan fingerprint density at radius 3 is 1.59 bits per heavy atom. The molecule has 4 aliphatic rings. The number of hydrogen-bond acceptors (Lipinski definition) is 8. The number of rotatable bonds is 15. The standard InChI is InChI=1S/C33H52F6N2O8/c34-32(35,36)31(33(37,38)39,19-46-25-13-9-23(10-14-25)40-29(42)27-7-3-4-8-28(27)30(43)44)20-47-26-15-11-24(12-16-26)41-48-17-21-5-1-2-6-22(21)18-49-45/h21-28,41,45H,1-20H2,(H,40,42)(H,43,44). The zero-order valence-corrected chi connectivity index (χ0v) is 27.9. The molecule has 49 heavy (non-hydrogen) atoms. The molecule has 10 nitrogen and oxygen atoms in total. The van der Waals surface area contributed by atoms with E-state index < -0.39 is 61.0 Å². The van der Waals surface area contributed by atoms with E-state index in [1.54, 1.807) is 0 Å². The third-order valence-corrected chi connectivity index (χ3v) is 11.2. The van der Waals surface area contributed by atoms with Gasteiger partial charge in [0.05, 0.1) is 50.5 Å². The van der Waals surface area contributed by atoms with Crippen molar-refractivity contribution in [1.29, 1.82) is 0 Å². The molecule has 284 valence electrons. The number of aliphatic carboxylic acids is 1. The zero-order chi connectivity index (χ0) is 35.7. The van der Waals surface area contributed by atoms with Crippen LogP contribution in [0.1, 0.15) is 103 Å². The second-order valence-corrected chi connectivity index (χ2v) is 14.5. The molecule has 0 radical (unpaired) electrons. The van der Waals surface area contributed by atoms with Crippen molar-refractivity contribution in [3.8, 4) is 0 Å². The van der Waals surface area contributed by atoms with Gasteiger partial charge in [-0.3, -0.25) is 14.8 Å². The molecule has 1 amide bonds. The van der Waals surface area contributed by atoms with Gasteiger partial charge in [-0.05, 0) is 88.9 Å². The molecule has 0 bridgehead atoms. The molecule has 0 aromatic rings. The lowest BCUT2D eigenvalue weighted by molar-refractivity contribution is -0.368. The number of hydrogen-bond donors (Lipinski definition) is 4. The molecule has 0 spiro atoms. The van der Waals surface area contributed by atoms with E-state index in [2.05, 4.69) is 15.7 Å². The molecule has 4 rings (SSSR count). The number of amides is 1. The van der Waals surface area contributed by atoms with Gasteiger partial charge in [0.25, 0.3) is 0 Å². The topological polar surface area (TPSA) is 136 Å². The van der Waals surface area contributed by atoms with Gasteiger partial charge >= 0.3 is 18.3 Å². The number of carbonyl (C=O) groups is 2. The summed E-state index contributed by atoms with van der Waals surface area (Å²) in [6.45, 7) is -2.59. The Hall–Kier alpha value is -1.72. The van der Waals surface area contributed by atoms with E-state index in [1.165, 1.54) is 0 Å². The third-order valence-electron chi connectivity index (χ3n) is 11.2. The highest BCUT2D eigenvalue weighted by Crippen LogP contribution is 2.51. The van der Waals surface area contributed by atoms with Crippen LogP contribution in [0.3, 0.4) is 0 Å². The van der Waals surface area contributed by atoms with Crippen molar-refractivity contribution in [2.75, 3.05) is 26.4 Å². The monoisotopic (exact) mass is 718 g/mol. The van der Waals surface area contributed by atoms with Gasteiger partial charge in [-0.15, -0.1) is 0 Å². The Labute approximate surface area is 283 Å². The minimum atomic E-state index is -5.68. The summed E-state index contributed by atoms with van der Waals surface area (Å²) in [6.07, 6.45) is -4.35. The van der Waals surface area contributed by atoms with Gasteiger partial charge in [-0.2, -0.15) is 31.8 Å². The number of carboxylic acid groups (broad SMARTS) is 1. The molecule has 4 saturated carbocycles. The lowest BCUT2D eigenvalue weighted by Gasteiger charge is -2.40. The Morgan fingerprint density at radius 1 is 0.633 bits per heavy atom. The lowest BCUT2D eigenvalue weighted by Crippen LogP contribution is -2.57. The van der Waals surface area contributed by atoms with Crippen molar-refractivity contribution < 1.29 is 65.5 Å². The van der Waals surface area contributed by atoms with Gasteiger partial charge in [0, 0.05) is 12.1 Å². The molecule has 4 aliphatic carbocycles. The Bertz CT molecular complexity index is 1020. The molecular weight excluding hydrogens is 666 g/mol. The summed E-state index contributed by atoms with van der Waals surface area (Å²) in [4.78, 5) is 34.4. The smallest absolute Gasteiger partial charge is 0.407 e. The SMILES string of the molecule is O=C(O)C1CCCCC1C(=O)NC1CCC(OCC(COC2CCC(NOCC3CCCCC3COO)CC2)(C(F)(F)F)C(F)(F)F)CC1. The molecule has 4 fully saturated rings. The fraction of sp³-hybridized carbons (Fsp3) is 0.939. The van der Waals surface area contributed by atoms with Crippen LogP contribution < -0.4 is 10.8 Å². The van der Waals surface area contributed by atoms with E-state index in [4.69, 9.17) is 19.6 Å². The molecule has 4 unspecified atom stereocenters. The van der Waals surface area contributed by atoms with Crippen LogP contribution in [-0.4, -0.2) is 85.3 Å². The average molecular weight is 719 g/mol. The zero-order valence-electron chi connectivity index (χ0n) is 27.9. The summed E-state index contributed by atoms with van der Waals surface area (Å²) in [7, 11) is 0. The van der Waals surface area contributed by atoms with Crippen molar-refractivity contribution in [2.24, 2.45) is 29.1 Å². The van der Waals surface area contributed by atoms with Crippen molar-refractivity contribution in [3.63, 3.8) is 0 Å². The van der Waals surface area contributed by atoms with Gasteiger partial charge in [0.2, 0.25) is 11.3 Å². The van der Waals surface area contributed by atoms with Crippen LogP contribution in [0.2, 0.25) is 0 Å². The number of halogens is 6. The van der Waals surface area contributed by atoms with Crippen LogP contribution in [0.5, 0.6) is 0 Å². The first-order chi connectivity index (χ1) is 23.2. The molecule has 0 heterocycles. The summed E-state index contributed by atoms with van der Waals surface area (Å²) in [5, 5.41) is 21.1. The minimum absolute atomic E-state index is 0.115. The molecule has 0 saturated heterocycles. The average Bonchev–Trinajstić information content (AvgIpc) is 3.06.